The molecule has 1 N–H and O–H groups in total. The number of esters is 1. The van der Waals surface area contributed by atoms with Crippen LogP contribution in [-0.4, -0.2) is 42.4 Å². The van der Waals surface area contributed by atoms with Crippen molar-refractivity contribution in [3.05, 3.63) is 63.6 Å². The molecule has 1 heterocycles. The Morgan fingerprint density at radius 1 is 1.09 bits per heavy atom. The van der Waals surface area contributed by atoms with Crippen LogP contribution in [0.15, 0.2) is 42.5 Å². The number of benzene rings is 2. The minimum atomic E-state index is -0.290. The fraction of sp³-hybridized carbons (Fsp3) is 0.375. The van der Waals surface area contributed by atoms with E-state index in [2.05, 4.69) is 5.32 Å². The lowest BCUT2D eigenvalue weighted by Crippen LogP contribution is -2.33. The number of rotatable bonds is 11. The summed E-state index contributed by atoms with van der Waals surface area (Å²) >= 11 is 12.4. The highest BCUT2D eigenvalue weighted by Gasteiger charge is 2.28. The number of carbonyl (C=O) groups is 3. The maximum Gasteiger partial charge on any atom is 0.307 e. The van der Waals surface area contributed by atoms with Crippen LogP contribution in [0.4, 0.5) is 0 Å². The zero-order valence-electron chi connectivity index (χ0n) is 18.3. The highest BCUT2D eigenvalue weighted by molar-refractivity contribution is 6.32. The molecular weight excluding hydrogens is 467 g/mol. The third-order valence-electron chi connectivity index (χ3n) is 5.22. The second-order valence-corrected chi connectivity index (χ2v) is 8.39. The van der Waals surface area contributed by atoms with E-state index in [9.17, 15) is 14.4 Å². The van der Waals surface area contributed by atoms with Crippen molar-refractivity contribution >= 4 is 41.0 Å². The predicted molar refractivity (Wildman–Crippen MR) is 125 cm³/mol. The molecule has 9 heteroatoms. The third-order valence-corrected chi connectivity index (χ3v) is 5.77. The van der Waals surface area contributed by atoms with Gasteiger partial charge in [-0.25, -0.2) is 0 Å². The molecule has 0 bridgehead atoms. The molecule has 2 aromatic carbocycles. The maximum atomic E-state index is 12.1. The Labute approximate surface area is 202 Å². The molecule has 2 aromatic rings. The van der Waals surface area contributed by atoms with Gasteiger partial charge in [0.15, 0.2) is 0 Å². The summed E-state index contributed by atoms with van der Waals surface area (Å²) in [6, 6.07) is 12.4. The number of halogens is 2. The minimum Gasteiger partial charge on any atom is -0.490 e. The lowest BCUT2D eigenvalue weighted by atomic mass is 10.0. The maximum absolute atomic E-state index is 12.1. The fourth-order valence-electron chi connectivity index (χ4n) is 3.52. The third kappa shape index (κ3) is 7.19. The Kier molecular flexibility index (Phi) is 9.11. The van der Waals surface area contributed by atoms with Crippen LogP contribution in [-0.2, 0) is 25.7 Å². The second kappa shape index (κ2) is 12.0. The molecule has 3 rings (SSSR count). The molecule has 176 valence electrons. The van der Waals surface area contributed by atoms with Gasteiger partial charge in [0.2, 0.25) is 11.8 Å². The van der Waals surface area contributed by atoms with E-state index in [0.717, 1.165) is 11.1 Å². The summed E-state index contributed by atoms with van der Waals surface area (Å²) in [5, 5.41) is 4.41. The molecule has 1 atom stereocenters. The topological polar surface area (TPSA) is 84.9 Å². The summed E-state index contributed by atoms with van der Waals surface area (Å²) in [5.41, 5.74) is 1.82. The van der Waals surface area contributed by atoms with E-state index in [4.69, 9.17) is 32.7 Å². The van der Waals surface area contributed by atoms with Gasteiger partial charge in [-0.2, -0.15) is 0 Å². The van der Waals surface area contributed by atoms with Crippen molar-refractivity contribution in [1.29, 1.82) is 0 Å². The van der Waals surface area contributed by atoms with Gasteiger partial charge in [-0.1, -0.05) is 41.4 Å². The zero-order valence-corrected chi connectivity index (χ0v) is 19.8. The minimum absolute atomic E-state index is 0.172. The van der Waals surface area contributed by atoms with Crippen LogP contribution in [0, 0.1) is 0 Å². The average molecular weight is 493 g/mol. The van der Waals surface area contributed by atoms with Crippen LogP contribution >= 0.6 is 23.2 Å². The van der Waals surface area contributed by atoms with Crippen LogP contribution in [0.1, 0.15) is 43.4 Å². The van der Waals surface area contributed by atoms with E-state index < -0.39 is 0 Å². The second-order valence-electron chi connectivity index (χ2n) is 7.55. The van der Waals surface area contributed by atoms with Crippen molar-refractivity contribution in [3.8, 4) is 5.75 Å². The first-order chi connectivity index (χ1) is 15.9. The molecular formula is C24H26Cl2N2O5. The summed E-state index contributed by atoms with van der Waals surface area (Å²) in [7, 11) is 0. The lowest BCUT2D eigenvalue weighted by Gasteiger charge is -2.19. The SMILES string of the molecule is CCOC(=O)CC(NCc1ccc(OCCN2C(=O)CCC2=O)c(Cl)c1)c1ccc(Cl)cc1. The quantitative estimate of drug-likeness (QED) is 0.371. The van der Waals surface area contributed by atoms with Crippen molar-refractivity contribution in [2.75, 3.05) is 19.8 Å². The molecule has 1 unspecified atom stereocenters. The van der Waals surface area contributed by atoms with Crippen molar-refractivity contribution in [1.82, 2.24) is 10.2 Å². The van der Waals surface area contributed by atoms with Crippen molar-refractivity contribution < 1.29 is 23.9 Å². The molecule has 0 radical (unpaired) electrons. The van der Waals surface area contributed by atoms with E-state index in [-0.39, 0.29) is 56.2 Å². The molecule has 0 aromatic heterocycles. The van der Waals surface area contributed by atoms with E-state index in [1.54, 1.807) is 31.2 Å². The van der Waals surface area contributed by atoms with Gasteiger partial charge in [-0.3, -0.25) is 19.3 Å². The number of nitrogens with zero attached hydrogens (tertiary/aromatic N) is 1. The molecule has 2 amide bonds. The normalized spacial score (nSPS) is 14.5. The highest BCUT2D eigenvalue weighted by Crippen LogP contribution is 2.27. The first kappa shape index (κ1) is 25.0. The molecule has 1 fully saturated rings. The van der Waals surface area contributed by atoms with Crippen LogP contribution in [0.3, 0.4) is 0 Å². The molecule has 1 aliphatic rings. The Hall–Kier alpha value is -2.61. The molecule has 0 saturated carbocycles. The molecule has 0 aliphatic carbocycles. The number of likely N-dealkylation sites (tertiary alicyclic amines) is 1. The molecule has 0 spiro atoms. The summed E-state index contributed by atoms with van der Waals surface area (Å²) < 4.78 is 10.8. The van der Waals surface area contributed by atoms with Gasteiger partial charge in [-0.15, -0.1) is 0 Å². The number of ether oxygens (including phenoxy) is 2. The van der Waals surface area contributed by atoms with E-state index in [0.29, 0.717) is 28.9 Å². The largest absolute Gasteiger partial charge is 0.490 e. The summed E-state index contributed by atoms with van der Waals surface area (Å²) in [4.78, 5) is 36.6. The van der Waals surface area contributed by atoms with Gasteiger partial charge in [0.05, 0.1) is 24.6 Å². The van der Waals surface area contributed by atoms with Crippen LogP contribution < -0.4 is 10.1 Å². The lowest BCUT2D eigenvalue weighted by molar-refractivity contribution is -0.144. The van der Waals surface area contributed by atoms with Crippen LogP contribution in [0.2, 0.25) is 10.0 Å². The smallest absolute Gasteiger partial charge is 0.307 e. The Bertz CT molecular complexity index is 981. The van der Waals surface area contributed by atoms with E-state index >= 15 is 0 Å². The van der Waals surface area contributed by atoms with Gasteiger partial charge in [0, 0.05) is 30.5 Å². The number of carbonyl (C=O) groups excluding carboxylic acids is 3. The van der Waals surface area contributed by atoms with E-state index in [1.807, 2.05) is 18.2 Å². The number of hydrogen-bond acceptors (Lipinski definition) is 6. The van der Waals surface area contributed by atoms with Crippen molar-refractivity contribution in [3.63, 3.8) is 0 Å². The average Bonchev–Trinajstić information content (AvgIpc) is 3.11. The van der Waals surface area contributed by atoms with Gasteiger partial charge >= 0.3 is 5.97 Å². The standard InChI is InChI=1S/C24H26Cl2N2O5/c1-2-32-24(31)14-20(17-4-6-18(25)7-5-17)27-15-16-3-8-21(19(26)13-16)33-12-11-28-22(29)9-10-23(28)30/h3-8,13,20,27H,2,9-12,14-15H2,1H3. The highest BCUT2D eigenvalue weighted by atomic mass is 35.5. The van der Waals surface area contributed by atoms with Gasteiger partial charge in [0.25, 0.3) is 0 Å². The van der Waals surface area contributed by atoms with Crippen LogP contribution in [0.25, 0.3) is 0 Å². The molecule has 7 nitrogen and oxygen atoms in total. The molecule has 1 saturated heterocycles. The summed E-state index contributed by atoms with van der Waals surface area (Å²) in [5.74, 6) is -0.162. The van der Waals surface area contributed by atoms with Gasteiger partial charge in [-0.05, 0) is 42.3 Å². The zero-order chi connectivity index (χ0) is 23.8. The summed E-state index contributed by atoms with van der Waals surface area (Å²) in [6.45, 7) is 2.93. The Morgan fingerprint density at radius 3 is 2.42 bits per heavy atom. The van der Waals surface area contributed by atoms with Crippen molar-refractivity contribution in [2.45, 2.75) is 38.8 Å². The fourth-order valence-corrected chi connectivity index (χ4v) is 3.90. The van der Waals surface area contributed by atoms with E-state index in [1.165, 1.54) is 4.90 Å². The van der Waals surface area contributed by atoms with Crippen LogP contribution in [0.5, 0.6) is 5.75 Å². The Morgan fingerprint density at radius 2 is 1.79 bits per heavy atom. The number of imide groups is 1. The molecule has 1 aliphatic heterocycles. The number of hydrogen-bond donors (Lipinski definition) is 1. The Balaban J connectivity index is 1.58. The molecule has 33 heavy (non-hydrogen) atoms. The number of amides is 2. The number of nitrogens with one attached hydrogen (secondary N) is 1. The van der Waals surface area contributed by atoms with Crippen molar-refractivity contribution in [2.24, 2.45) is 0 Å². The summed E-state index contributed by atoms with van der Waals surface area (Å²) in [6.07, 6.45) is 0.696. The predicted octanol–water partition coefficient (Wildman–Crippen LogP) is 4.31. The van der Waals surface area contributed by atoms with Gasteiger partial charge < -0.3 is 14.8 Å². The first-order valence-corrected chi connectivity index (χ1v) is 11.5. The van der Waals surface area contributed by atoms with Gasteiger partial charge in [0.1, 0.15) is 12.4 Å². The monoisotopic (exact) mass is 492 g/mol. The first-order valence-electron chi connectivity index (χ1n) is 10.8.